The molecule has 148 valence electrons. The van der Waals surface area contributed by atoms with E-state index in [0.717, 1.165) is 19.3 Å². The minimum absolute atomic E-state index is 0.0430. The Labute approximate surface area is 162 Å². The van der Waals surface area contributed by atoms with Gasteiger partial charge in [0.2, 0.25) is 0 Å². The molecule has 3 rings (SSSR count). The van der Waals surface area contributed by atoms with Crippen molar-refractivity contribution < 1.29 is 25.2 Å². The molecule has 6 N–H and O–H groups in total. The first-order valence-corrected chi connectivity index (χ1v) is 9.09. The highest BCUT2D eigenvalue weighted by atomic mass is 16.3. The summed E-state index contributed by atoms with van der Waals surface area (Å²) >= 11 is 0. The molecule has 0 aliphatic carbocycles. The van der Waals surface area contributed by atoms with Gasteiger partial charge in [-0.15, -0.1) is 0 Å². The molecule has 28 heavy (non-hydrogen) atoms. The number of carbonyl (C=O) groups is 1. The van der Waals surface area contributed by atoms with Gasteiger partial charge in [-0.3, -0.25) is 9.79 Å². The molecule has 1 atom stereocenters. The van der Waals surface area contributed by atoms with E-state index in [9.17, 15) is 25.2 Å². The van der Waals surface area contributed by atoms with Crippen LogP contribution < -0.4 is 10.6 Å². The van der Waals surface area contributed by atoms with Crippen LogP contribution in [0, 0.1) is 0 Å². The van der Waals surface area contributed by atoms with E-state index in [-0.39, 0.29) is 28.9 Å². The SMILES string of the molecule is O=C(NCCCCC1CN=C(c2cccc(O)c2O)N1)c1cccc(O)c1O. The van der Waals surface area contributed by atoms with Gasteiger partial charge >= 0.3 is 0 Å². The maximum absolute atomic E-state index is 12.0. The molecular weight excluding hydrogens is 362 g/mol. The molecule has 0 radical (unpaired) electrons. The van der Waals surface area contributed by atoms with Crippen LogP contribution >= 0.6 is 0 Å². The van der Waals surface area contributed by atoms with Crippen molar-refractivity contribution in [3.8, 4) is 23.0 Å². The largest absolute Gasteiger partial charge is 0.504 e. The van der Waals surface area contributed by atoms with Gasteiger partial charge in [0.05, 0.1) is 17.7 Å². The van der Waals surface area contributed by atoms with Crippen LogP contribution in [0.2, 0.25) is 0 Å². The molecule has 8 heteroatoms. The smallest absolute Gasteiger partial charge is 0.255 e. The Balaban J connectivity index is 1.39. The van der Waals surface area contributed by atoms with Gasteiger partial charge in [0, 0.05) is 12.6 Å². The van der Waals surface area contributed by atoms with Crippen LogP contribution in [-0.4, -0.2) is 51.3 Å². The van der Waals surface area contributed by atoms with Gasteiger partial charge in [-0.2, -0.15) is 0 Å². The van der Waals surface area contributed by atoms with E-state index in [1.54, 1.807) is 12.1 Å². The number of rotatable bonds is 7. The van der Waals surface area contributed by atoms with Crippen LogP contribution in [0.25, 0.3) is 0 Å². The van der Waals surface area contributed by atoms with E-state index in [1.807, 2.05) is 0 Å². The minimum atomic E-state index is -0.433. The number of amidine groups is 1. The number of benzene rings is 2. The zero-order valence-corrected chi connectivity index (χ0v) is 15.2. The molecule has 1 aliphatic heterocycles. The lowest BCUT2D eigenvalue weighted by atomic mass is 10.1. The fraction of sp³-hybridized carbons (Fsp3) is 0.300. The quantitative estimate of drug-likeness (QED) is 0.318. The number of hydrogen-bond acceptors (Lipinski definition) is 7. The number of carbonyl (C=O) groups excluding carboxylic acids is 1. The number of aliphatic imine (C=N–C) groups is 1. The molecule has 1 aliphatic rings. The van der Waals surface area contributed by atoms with Crippen LogP contribution in [0.1, 0.15) is 35.2 Å². The zero-order chi connectivity index (χ0) is 20.1. The summed E-state index contributed by atoms with van der Waals surface area (Å²) in [5.74, 6) is -0.988. The molecule has 0 saturated heterocycles. The molecular formula is C20H23N3O5. The fourth-order valence-corrected chi connectivity index (χ4v) is 3.06. The van der Waals surface area contributed by atoms with Crippen molar-refractivity contribution in [2.45, 2.75) is 25.3 Å². The van der Waals surface area contributed by atoms with E-state index >= 15 is 0 Å². The number of amides is 1. The third-order valence-electron chi connectivity index (χ3n) is 4.60. The third-order valence-corrected chi connectivity index (χ3v) is 4.60. The number of hydrogen-bond donors (Lipinski definition) is 6. The summed E-state index contributed by atoms with van der Waals surface area (Å²) in [7, 11) is 0. The number of phenolic OH excluding ortho intramolecular Hbond substituents is 4. The molecule has 8 nitrogen and oxygen atoms in total. The van der Waals surface area contributed by atoms with Crippen molar-refractivity contribution in [1.82, 2.24) is 10.6 Å². The second-order valence-corrected chi connectivity index (χ2v) is 6.63. The molecule has 1 unspecified atom stereocenters. The summed E-state index contributed by atoms with van der Waals surface area (Å²) in [6.07, 6.45) is 2.43. The predicted molar refractivity (Wildman–Crippen MR) is 104 cm³/mol. The van der Waals surface area contributed by atoms with Gasteiger partial charge in [-0.1, -0.05) is 12.1 Å². The van der Waals surface area contributed by atoms with Crippen LogP contribution in [0.15, 0.2) is 41.4 Å². The summed E-state index contributed by atoms with van der Waals surface area (Å²) in [5.41, 5.74) is 0.516. The Bertz CT molecular complexity index is 897. The van der Waals surface area contributed by atoms with E-state index in [4.69, 9.17) is 0 Å². The normalized spacial score (nSPS) is 15.7. The number of para-hydroxylation sites is 2. The number of nitrogens with one attached hydrogen (secondary N) is 2. The van der Waals surface area contributed by atoms with E-state index in [0.29, 0.717) is 24.5 Å². The van der Waals surface area contributed by atoms with Crippen molar-refractivity contribution in [1.29, 1.82) is 0 Å². The number of phenols is 4. The van der Waals surface area contributed by atoms with Gasteiger partial charge in [0.1, 0.15) is 5.84 Å². The summed E-state index contributed by atoms with van der Waals surface area (Å²) in [6, 6.07) is 9.14. The van der Waals surface area contributed by atoms with Crippen molar-refractivity contribution in [3.05, 3.63) is 47.5 Å². The first-order valence-electron chi connectivity index (χ1n) is 9.09. The lowest BCUT2D eigenvalue weighted by Crippen LogP contribution is -2.31. The highest BCUT2D eigenvalue weighted by Gasteiger charge is 2.21. The number of unbranched alkanes of at least 4 members (excludes halogenated alkanes) is 1. The molecule has 1 amide bonds. The molecule has 0 spiro atoms. The topological polar surface area (TPSA) is 134 Å². The summed E-state index contributed by atoms with van der Waals surface area (Å²) in [5, 5.41) is 44.6. The van der Waals surface area contributed by atoms with Crippen molar-refractivity contribution in [3.63, 3.8) is 0 Å². The van der Waals surface area contributed by atoms with Crippen molar-refractivity contribution in [2.24, 2.45) is 4.99 Å². The molecule has 2 aromatic carbocycles. The van der Waals surface area contributed by atoms with Crippen molar-refractivity contribution >= 4 is 11.7 Å². The minimum Gasteiger partial charge on any atom is -0.504 e. The second kappa shape index (κ2) is 8.51. The van der Waals surface area contributed by atoms with Gasteiger partial charge in [-0.05, 0) is 43.5 Å². The number of nitrogens with zero attached hydrogens (tertiary/aromatic N) is 1. The van der Waals surface area contributed by atoms with Gasteiger partial charge < -0.3 is 31.1 Å². The molecule has 0 fully saturated rings. The Morgan fingerprint density at radius 2 is 1.75 bits per heavy atom. The first-order chi connectivity index (χ1) is 13.5. The number of aromatic hydroxyl groups is 4. The van der Waals surface area contributed by atoms with Gasteiger partial charge in [-0.25, -0.2) is 0 Å². The van der Waals surface area contributed by atoms with E-state index in [2.05, 4.69) is 15.6 Å². The Morgan fingerprint density at radius 3 is 2.54 bits per heavy atom. The molecule has 0 bridgehead atoms. The molecule has 0 aromatic heterocycles. The first kappa shape index (κ1) is 19.3. The van der Waals surface area contributed by atoms with Crippen LogP contribution in [-0.2, 0) is 0 Å². The maximum atomic E-state index is 12.0. The highest BCUT2D eigenvalue weighted by Crippen LogP contribution is 2.29. The standard InChI is InChI=1S/C20H23N3O5/c24-15-8-3-6-13(17(15)26)19-22-11-12(23-19)5-1-2-10-21-20(28)14-7-4-9-16(25)18(14)27/h3-4,6-9,12,24-27H,1-2,5,10-11H2,(H,21,28)(H,22,23). The highest BCUT2D eigenvalue weighted by molar-refractivity contribution is 6.02. The Morgan fingerprint density at radius 1 is 1.04 bits per heavy atom. The van der Waals surface area contributed by atoms with E-state index in [1.165, 1.54) is 24.3 Å². The Kier molecular flexibility index (Phi) is 5.88. The maximum Gasteiger partial charge on any atom is 0.255 e. The third kappa shape index (κ3) is 4.28. The van der Waals surface area contributed by atoms with Crippen LogP contribution in [0.5, 0.6) is 23.0 Å². The predicted octanol–water partition coefficient (Wildman–Crippen LogP) is 1.83. The fourth-order valence-electron chi connectivity index (χ4n) is 3.06. The lowest BCUT2D eigenvalue weighted by Gasteiger charge is -2.13. The van der Waals surface area contributed by atoms with Crippen LogP contribution in [0.3, 0.4) is 0 Å². The van der Waals surface area contributed by atoms with Crippen LogP contribution in [0.4, 0.5) is 0 Å². The van der Waals surface area contributed by atoms with E-state index < -0.39 is 11.7 Å². The summed E-state index contributed by atoms with van der Waals surface area (Å²) < 4.78 is 0. The second-order valence-electron chi connectivity index (χ2n) is 6.63. The molecule has 0 saturated carbocycles. The average molecular weight is 385 g/mol. The lowest BCUT2D eigenvalue weighted by molar-refractivity contribution is 0.0949. The molecule has 2 aromatic rings. The monoisotopic (exact) mass is 385 g/mol. The Hall–Kier alpha value is -3.42. The summed E-state index contributed by atoms with van der Waals surface area (Å²) in [6.45, 7) is 1.02. The van der Waals surface area contributed by atoms with Crippen molar-refractivity contribution in [2.75, 3.05) is 13.1 Å². The molecule has 1 heterocycles. The average Bonchev–Trinajstić information content (AvgIpc) is 3.14. The van der Waals surface area contributed by atoms with Gasteiger partial charge in [0.25, 0.3) is 5.91 Å². The summed E-state index contributed by atoms with van der Waals surface area (Å²) in [4.78, 5) is 16.4. The zero-order valence-electron chi connectivity index (χ0n) is 15.2. The van der Waals surface area contributed by atoms with Gasteiger partial charge in [0.15, 0.2) is 23.0 Å².